The van der Waals surface area contributed by atoms with Crippen molar-refractivity contribution < 1.29 is 4.79 Å². The van der Waals surface area contributed by atoms with Crippen LogP contribution in [0.3, 0.4) is 0 Å². The number of rotatable bonds is 5. The molecular weight excluding hydrogens is 318 g/mol. The van der Waals surface area contributed by atoms with Gasteiger partial charge in [-0.3, -0.25) is 4.79 Å². The lowest BCUT2D eigenvalue weighted by molar-refractivity contribution is -0.117. The summed E-state index contributed by atoms with van der Waals surface area (Å²) in [6, 6.07) is 4.26. The number of nitrogens with zero attached hydrogens (tertiary/aromatic N) is 1. The van der Waals surface area contributed by atoms with Crippen molar-refractivity contribution in [3.63, 3.8) is 0 Å². The number of hydrogen-bond acceptors (Lipinski definition) is 3. The van der Waals surface area contributed by atoms with E-state index >= 15 is 0 Å². The molecule has 1 heterocycles. The Morgan fingerprint density at radius 1 is 1.45 bits per heavy atom. The zero-order chi connectivity index (χ0) is 14.9. The van der Waals surface area contributed by atoms with Gasteiger partial charge in [0.05, 0.1) is 5.69 Å². The second-order valence-electron chi connectivity index (χ2n) is 5.47. The number of amides is 1. The maximum Gasteiger partial charge on any atom is 0.246 e. The second-order valence-corrected chi connectivity index (χ2v) is 6.33. The van der Waals surface area contributed by atoms with Gasteiger partial charge in [0.25, 0.3) is 0 Å². The monoisotopic (exact) mass is 339 g/mol. The molecule has 20 heavy (non-hydrogen) atoms. The van der Waals surface area contributed by atoms with E-state index in [-0.39, 0.29) is 11.9 Å². The lowest BCUT2D eigenvalue weighted by Gasteiger charge is -2.25. The van der Waals surface area contributed by atoms with Gasteiger partial charge in [0, 0.05) is 28.8 Å². The first-order valence-corrected chi connectivity index (χ1v) is 7.85. The molecule has 0 saturated carbocycles. The van der Waals surface area contributed by atoms with Crippen LogP contribution in [-0.2, 0) is 4.79 Å². The summed E-state index contributed by atoms with van der Waals surface area (Å²) in [7, 11) is 2.06. The fourth-order valence-corrected chi connectivity index (χ4v) is 2.95. The van der Waals surface area contributed by atoms with Gasteiger partial charge in [0.1, 0.15) is 6.04 Å². The molecule has 1 atom stereocenters. The summed E-state index contributed by atoms with van der Waals surface area (Å²) in [5, 5.41) is 6.26. The smallest absolute Gasteiger partial charge is 0.246 e. The molecule has 2 N–H and O–H groups in total. The molecule has 1 amide bonds. The van der Waals surface area contributed by atoms with Gasteiger partial charge in [0.15, 0.2) is 0 Å². The number of halogens is 1. The van der Waals surface area contributed by atoms with Crippen LogP contribution in [0.2, 0.25) is 0 Å². The number of hydrogen-bond donors (Lipinski definition) is 2. The molecule has 0 fully saturated rings. The minimum atomic E-state index is -0.236. The van der Waals surface area contributed by atoms with Gasteiger partial charge in [-0.05, 0) is 54.9 Å². The molecule has 1 unspecified atom stereocenters. The number of carbonyl (C=O) groups excluding carboxylic acids is 1. The van der Waals surface area contributed by atoms with Crippen LogP contribution in [0.25, 0.3) is 0 Å². The van der Waals surface area contributed by atoms with Crippen LogP contribution in [0.4, 0.5) is 11.4 Å². The zero-order valence-corrected chi connectivity index (χ0v) is 14.0. The van der Waals surface area contributed by atoms with E-state index in [1.807, 2.05) is 6.07 Å². The number of fused-ring (bicyclic) bond motifs is 1. The van der Waals surface area contributed by atoms with Crippen molar-refractivity contribution in [2.75, 3.05) is 23.8 Å². The molecule has 0 aromatic heterocycles. The Morgan fingerprint density at radius 3 is 2.75 bits per heavy atom. The molecular formula is C15H22BrN3O. The summed E-state index contributed by atoms with van der Waals surface area (Å²) < 4.78 is 1.02. The molecule has 5 heteroatoms. The van der Waals surface area contributed by atoms with Crippen LogP contribution in [0, 0.1) is 0 Å². The highest BCUT2D eigenvalue weighted by Gasteiger charge is 2.31. The maximum atomic E-state index is 12.1. The standard InChI is InChI=1S/C15H22BrN3O/c1-5-6-17-14-10-7-11(16)13(19(4)9(2)3)8-12(10)18-15(14)20/h7-9,14,17H,5-6H2,1-4H3,(H,18,20). The Hall–Kier alpha value is -1.07. The van der Waals surface area contributed by atoms with E-state index in [0.29, 0.717) is 6.04 Å². The van der Waals surface area contributed by atoms with E-state index in [1.54, 1.807) is 0 Å². The number of nitrogens with one attached hydrogen (secondary N) is 2. The average molecular weight is 340 g/mol. The first kappa shape index (κ1) is 15.3. The molecule has 4 nitrogen and oxygen atoms in total. The van der Waals surface area contributed by atoms with E-state index in [0.717, 1.165) is 34.4 Å². The Bertz CT molecular complexity index is 516. The Balaban J connectivity index is 2.35. The number of benzene rings is 1. The second kappa shape index (κ2) is 6.14. The van der Waals surface area contributed by atoms with Crippen LogP contribution >= 0.6 is 15.9 Å². The predicted molar refractivity (Wildman–Crippen MR) is 87.3 cm³/mol. The summed E-state index contributed by atoms with van der Waals surface area (Å²) in [6.07, 6.45) is 1.01. The van der Waals surface area contributed by atoms with Crippen molar-refractivity contribution in [3.05, 3.63) is 22.2 Å². The SMILES string of the molecule is CCCNC1C(=O)Nc2cc(N(C)C(C)C)c(Br)cc21. The summed E-state index contributed by atoms with van der Waals surface area (Å²) in [6.45, 7) is 7.22. The highest BCUT2D eigenvalue weighted by atomic mass is 79.9. The van der Waals surface area contributed by atoms with Gasteiger partial charge in [0.2, 0.25) is 5.91 Å². The van der Waals surface area contributed by atoms with Crippen LogP contribution in [-0.4, -0.2) is 25.5 Å². The van der Waals surface area contributed by atoms with E-state index in [4.69, 9.17) is 0 Å². The Kier molecular flexibility index (Phi) is 4.70. The molecule has 0 aliphatic carbocycles. The van der Waals surface area contributed by atoms with Crippen molar-refractivity contribution in [1.82, 2.24) is 5.32 Å². The lowest BCUT2D eigenvalue weighted by atomic mass is 10.1. The fourth-order valence-electron chi connectivity index (χ4n) is 2.31. The van der Waals surface area contributed by atoms with Crippen molar-refractivity contribution in [2.24, 2.45) is 0 Å². The van der Waals surface area contributed by atoms with Crippen molar-refractivity contribution in [3.8, 4) is 0 Å². The summed E-state index contributed by atoms with van der Waals surface area (Å²) in [4.78, 5) is 14.2. The fraction of sp³-hybridized carbons (Fsp3) is 0.533. The first-order valence-electron chi connectivity index (χ1n) is 7.06. The highest BCUT2D eigenvalue weighted by Crippen LogP contribution is 2.39. The van der Waals surface area contributed by atoms with Crippen molar-refractivity contribution >= 4 is 33.2 Å². The zero-order valence-electron chi connectivity index (χ0n) is 12.5. The van der Waals surface area contributed by atoms with E-state index in [1.165, 1.54) is 0 Å². The topological polar surface area (TPSA) is 44.4 Å². The third kappa shape index (κ3) is 2.83. The number of carbonyl (C=O) groups is 1. The Labute approximate surface area is 129 Å². The first-order chi connectivity index (χ1) is 9.45. The minimum Gasteiger partial charge on any atom is -0.371 e. The average Bonchev–Trinajstić information content (AvgIpc) is 2.69. The minimum absolute atomic E-state index is 0.0321. The highest BCUT2D eigenvalue weighted by molar-refractivity contribution is 9.10. The molecule has 1 aromatic rings. The van der Waals surface area contributed by atoms with E-state index in [2.05, 4.69) is 65.3 Å². The molecule has 0 spiro atoms. The van der Waals surface area contributed by atoms with Crippen LogP contribution in [0.1, 0.15) is 38.8 Å². The molecule has 0 radical (unpaired) electrons. The molecule has 110 valence electrons. The Morgan fingerprint density at radius 2 is 2.15 bits per heavy atom. The van der Waals surface area contributed by atoms with Crippen LogP contribution in [0.15, 0.2) is 16.6 Å². The molecule has 0 saturated heterocycles. The van der Waals surface area contributed by atoms with Crippen molar-refractivity contribution in [2.45, 2.75) is 39.3 Å². The maximum absolute atomic E-state index is 12.1. The molecule has 2 rings (SSSR count). The predicted octanol–water partition coefficient (Wildman–Crippen LogP) is 3.29. The van der Waals surface area contributed by atoms with E-state index < -0.39 is 0 Å². The molecule has 1 aliphatic heterocycles. The van der Waals surface area contributed by atoms with Gasteiger partial charge in [-0.25, -0.2) is 0 Å². The summed E-state index contributed by atoms with van der Waals surface area (Å²) >= 11 is 3.63. The largest absolute Gasteiger partial charge is 0.371 e. The third-order valence-electron chi connectivity index (χ3n) is 3.70. The summed E-state index contributed by atoms with van der Waals surface area (Å²) in [5.74, 6) is 0.0321. The van der Waals surface area contributed by atoms with E-state index in [9.17, 15) is 4.79 Å². The van der Waals surface area contributed by atoms with Crippen LogP contribution in [0.5, 0.6) is 0 Å². The quantitative estimate of drug-likeness (QED) is 0.865. The summed E-state index contributed by atoms with van der Waals surface area (Å²) in [5.41, 5.74) is 3.03. The lowest BCUT2D eigenvalue weighted by Crippen LogP contribution is -2.28. The molecule has 0 bridgehead atoms. The van der Waals surface area contributed by atoms with Crippen LogP contribution < -0.4 is 15.5 Å². The van der Waals surface area contributed by atoms with Gasteiger partial charge in [-0.15, -0.1) is 0 Å². The number of anilines is 2. The van der Waals surface area contributed by atoms with Gasteiger partial charge >= 0.3 is 0 Å². The third-order valence-corrected chi connectivity index (χ3v) is 4.34. The van der Waals surface area contributed by atoms with Gasteiger partial charge in [-0.1, -0.05) is 6.92 Å². The molecule has 1 aliphatic rings. The van der Waals surface area contributed by atoms with Gasteiger partial charge < -0.3 is 15.5 Å². The van der Waals surface area contributed by atoms with Crippen molar-refractivity contribution in [1.29, 1.82) is 0 Å². The van der Waals surface area contributed by atoms with Gasteiger partial charge in [-0.2, -0.15) is 0 Å². The normalized spacial score (nSPS) is 17.3. The molecule has 1 aromatic carbocycles.